The number of ether oxygens (including phenoxy) is 1. The number of piperidine rings is 1. The van der Waals surface area contributed by atoms with Gasteiger partial charge in [0.25, 0.3) is 5.91 Å². The first-order valence-electron chi connectivity index (χ1n) is 8.44. The molecule has 6 heteroatoms. The highest BCUT2D eigenvalue weighted by Crippen LogP contribution is 2.35. The fraction of sp³-hybridized carbons (Fsp3) is 0.647. The lowest BCUT2D eigenvalue weighted by atomic mass is 9.84. The number of carbonyl (C=O) groups excluding carboxylic acids is 2. The molecule has 23 heavy (non-hydrogen) atoms. The van der Waals surface area contributed by atoms with E-state index < -0.39 is 0 Å². The summed E-state index contributed by atoms with van der Waals surface area (Å²) >= 11 is 0. The van der Waals surface area contributed by atoms with Crippen molar-refractivity contribution in [3.63, 3.8) is 0 Å². The topological polar surface area (TPSA) is 71.8 Å². The molecule has 0 aromatic carbocycles. The van der Waals surface area contributed by atoms with Gasteiger partial charge in [0, 0.05) is 31.5 Å². The Morgan fingerprint density at radius 1 is 1.30 bits per heavy atom. The highest BCUT2D eigenvalue weighted by atomic mass is 16.5. The van der Waals surface area contributed by atoms with Gasteiger partial charge in [-0.15, -0.1) is 0 Å². The van der Waals surface area contributed by atoms with E-state index in [2.05, 4.69) is 5.32 Å². The summed E-state index contributed by atoms with van der Waals surface area (Å²) in [7, 11) is 0. The third kappa shape index (κ3) is 3.00. The average molecular weight is 318 g/mol. The Balaban J connectivity index is 1.36. The van der Waals surface area contributed by atoms with Crippen molar-refractivity contribution in [2.45, 2.75) is 25.4 Å². The number of furan rings is 1. The molecule has 1 aliphatic carbocycles. The molecule has 1 saturated carbocycles. The number of likely N-dealkylation sites (tertiary alicyclic amines) is 1. The minimum Gasteiger partial charge on any atom is -0.459 e. The van der Waals surface area contributed by atoms with Crippen LogP contribution in [-0.2, 0) is 9.53 Å². The van der Waals surface area contributed by atoms with E-state index in [-0.39, 0.29) is 23.8 Å². The number of hydrogen-bond acceptors (Lipinski definition) is 4. The third-order valence-corrected chi connectivity index (χ3v) is 5.25. The summed E-state index contributed by atoms with van der Waals surface area (Å²) in [5.41, 5.74) is 0. The lowest BCUT2D eigenvalue weighted by molar-refractivity contribution is -0.122. The van der Waals surface area contributed by atoms with E-state index in [0.29, 0.717) is 30.7 Å². The maximum absolute atomic E-state index is 12.4. The predicted molar refractivity (Wildman–Crippen MR) is 81.7 cm³/mol. The van der Waals surface area contributed by atoms with E-state index in [9.17, 15) is 9.59 Å². The summed E-state index contributed by atoms with van der Waals surface area (Å²) in [5, 5.41) is 3.01. The van der Waals surface area contributed by atoms with Crippen LogP contribution >= 0.6 is 0 Å². The molecule has 2 aliphatic heterocycles. The Morgan fingerprint density at radius 3 is 2.91 bits per heavy atom. The van der Waals surface area contributed by atoms with Crippen LogP contribution in [0.4, 0.5) is 0 Å². The van der Waals surface area contributed by atoms with Gasteiger partial charge in [-0.25, -0.2) is 0 Å². The first-order chi connectivity index (χ1) is 11.2. The summed E-state index contributed by atoms with van der Waals surface area (Å²) < 4.78 is 11.1. The van der Waals surface area contributed by atoms with Gasteiger partial charge in [-0.05, 0) is 37.3 Å². The van der Waals surface area contributed by atoms with E-state index in [4.69, 9.17) is 9.15 Å². The second-order valence-corrected chi connectivity index (χ2v) is 6.83. The van der Waals surface area contributed by atoms with Crippen LogP contribution in [0, 0.1) is 17.8 Å². The predicted octanol–water partition coefficient (Wildman–Crippen LogP) is 1.28. The third-order valence-electron chi connectivity index (χ3n) is 5.25. The van der Waals surface area contributed by atoms with Crippen LogP contribution in [0.2, 0.25) is 0 Å². The number of nitrogens with one attached hydrogen (secondary N) is 1. The molecule has 3 heterocycles. The zero-order chi connectivity index (χ0) is 15.8. The summed E-state index contributed by atoms with van der Waals surface area (Å²) in [6, 6.07) is 3.43. The van der Waals surface area contributed by atoms with Gasteiger partial charge in [0.2, 0.25) is 5.91 Å². The summed E-state index contributed by atoms with van der Waals surface area (Å²) in [6.07, 6.45) is 4.50. The molecule has 3 aliphatic rings. The van der Waals surface area contributed by atoms with Crippen molar-refractivity contribution in [1.29, 1.82) is 0 Å². The molecule has 3 atom stereocenters. The van der Waals surface area contributed by atoms with Crippen LogP contribution in [0.1, 0.15) is 29.8 Å². The van der Waals surface area contributed by atoms with Crippen LogP contribution in [0.3, 0.4) is 0 Å². The summed E-state index contributed by atoms with van der Waals surface area (Å²) in [4.78, 5) is 26.1. The molecule has 1 aromatic heterocycles. The van der Waals surface area contributed by atoms with Crippen molar-refractivity contribution < 1.29 is 18.7 Å². The quantitative estimate of drug-likeness (QED) is 0.908. The molecule has 0 radical (unpaired) electrons. The van der Waals surface area contributed by atoms with Crippen LogP contribution in [0.25, 0.3) is 0 Å². The standard InChI is InChI=1S/C17H22N2O4/c20-16(11-3-4-11)18-8-15-13-9-19(6-5-12(13)10-23-15)17(21)14-2-1-7-22-14/h1-2,7,11-13,15H,3-6,8-10H2,(H,18,20)/t12-,13-,15-/m1/s1. The highest BCUT2D eigenvalue weighted by molar-refractivity contribution is 5.91. The molecule has 3 fully saturated rings. The first-order valence-corrected chi connectivity index (χ1v) is 8.44. The Labute approximate surface area is 135 Å². The second-order valence-electron chi connectivity index (χ2n) is 6.83. The minimum absolute atomic E-state index is 0.00917. The van der Waals surface area contributed by atoms with Crippen LogP contribution < -0.4 is 5.32 Å². The minimum atomic E-state index is -0.0545. The first kappa shape index (κ1) is 14.8. The Bertz CT molecular complexity index is 581. The Kier molecular flexibility index (Phi) is 3.85. The van der Waals surface area contributed by atoms with Gasteiger partial charge in [0.1, 0.15) is 0 Å². The number of hydrogen-bond donors (Lipinski definition) is 1. The Morgan fingerprint density at radius 2 is 2.17 bits per heavy atom. The molecule has 1 aromatic rings. The van der Waals surface area contributed by atoms with Crippen LogP contribution in [-0.4, -0.2) is 49.1 Å². The maximum atomic E-state index is 12.4. The molecule has 0 bridgehead atoms. The van der Waals surface area contributed by atoms with Gasteiger partial charge in [0.05, 0.1) is 19.0 Å². The van der Waals surface area contributed by atoms with Gasteiger partial charge >= 0.3 is 0 Å². The lowest BCUT2D eigenvalue weighted by Gasteiger charge is -2.35. The van der Waals surface area contributed by atoms with Crippen molar-refractivity contribution >= 4 is 11.8 Å². The summed E-state index contributed by atoms with van der Waals surface area (Å²) in [5.74, 6) is 1.48. The van der Waals surface area contributed by atoms with E-state index in [1.807, 2.05) is 4.90 Å². The fourth-order valence-electron chi connectivity index (χ4n) is 3.67. The SMILES string of the molecule is O=C(NC[C@H]1OC[C@H]2CCN(C(=O)c3ccco3)C[C@H]21)C1CC1. The van der Waals surface area contributed by atoms with Crippen molar-refractivity contribution in [1.82, 2.24) is 10.2 Å². The zero-order valence-electron chi connectivity index (χ0n) is 13.1. The smallest absolute Gasteiger partial charge is 0.289 e. The normalized spacial score (nSPS) is 30.1. The molecule has 2 saturated heterocycles. The van der Waals surface area contributed by atoms with Gasteiger partial charge in [-0.2, -0.15) is 0 Å². The maximum Gasteiger partial charge on any atom is 0.289 e. The molecule has 124 valence electrons. The van der Waals surface area contributed by atoms with Crippen LogP contribution in [0.5, 0.6) is 0 Å². The molecule has 1 N–H and O–H groups in total. The van der Waals surface area contributed by atoms with Gasteiger partial charge in [-0.3, -0.25) is 9.59 Å². The highest BCUT2D eigenvalue weighted by Gasteiger charge is 2.42. The molecular weight excluding hydrogens is 296 g/mol. The van der Waals surface area contributed by atoms with Crippen molar-refractivity contribution in [3.05, 3.63) is 24.2 Å². The summed E-state index contributed by atoms with van der Waals surface area (Å²) in [6.45, 7) is 2.70. The lowest BCUT2D eigenvalue weighted by Crippen LogP contribution is -2.47. The molecular formula is C17H22N2O4. The van der Waals surface area contributed by atoms with E-state index in [1.54, 1.807) is 12.1 Å². The molecule has 0 spiro atoms. The van der Waals surface area contributed by atoms with Crippen molar-refractivity contribution in [2.75, 3.05) is 26.2 Å². The van der Waals surface area contributed by atoms with E-state index >= 15 is 0 Å². The van der Waals surface area contributed by atoms with Crippen molar-refractivity contribution in [3.8, 4) is 0 Å². The average Bonchev–Trinajstić information content (AvgIpc) is 3.13. The molecule has 0 unspecified atom stereocenters. The number of carbonyl (C=O) groups is 2. The Hall–Kier alpha value is -1.82. The second kappa shape index (κ2) is 6.00. The van der Waals surface area contributed by atoms with Gasteiger partial charge in [-0.1, -0.05) is 0 Å². The zero-order valence-corrected chi connectivity index (χ0v) is 13.1. The molecule has 4 rings (SSSR count). The molecule has 2 amide bonds. The number of rotatable bonds is 4. The number of nitrogens with zero attached hydrogens (tertiary/aromatic N) is 1. The van der Waals surface area contributed by atoms with Gasteiger partial charge in [0.15, 0.2) is 5.76 Å². The number of fused-ring (bicyclic) bond motifs is 1. The monoisotopic (exact) mass is 318 g/mol. The van der Waals surface area contributed by atoms with Crippen molar-refractivity contribution in [2.24, 2.45) is 17.8 Å². The van der Waals surface area contributed by atoms with E-state index in [0.717, 1.165) is 32.4 Å². The molecule has 6 nitrogen and oxygen atoms in total. The van der Waals surface area contributed by atoms with E-state index in [1.165, 1.54) is 6.26 Å². The largest absolute Gasteiger partial charge is 0.459 e. The fourth-order valence-corrected chi connectivity index (χ4v) is 3.67. The number of amides is 2. The van der Waals surface area contributed by atoms with Gasteiger partial charge < -0.3 is 19.4 Å². The van der Waals surface area contributed by atoms with Crippen LogP contribution in [0.15, 0.2) is 22.8 Å².